The maximum Gasteiger partial charge on any atom is 0.461 e. The van der Waals surface area contributed by atoms with Gasteiger partial charge in [-0.25, -0.2) is 0 Å². The van der Waals surface area contributed by atoms with Crippen LogP contribution in [0.5, 0.6) is 5.75 Å². The molecule has 0 saturated carbocycles. The molecule has 6 heteroatoms. The average molecular weight is 250 g/mol. The van der Waals surface area contributed by atoms with Gasteiger partial charge < -0.3 is 9.84 Å². The monoisotopic (exact) mass is 250 g/mol. The van der Waals surface area contributed by atoms with Gasteiger partial charge >= 0.3 is 12.5 Å². The molecule has 0 spiro atoms. The van der Waals surface area contributed by atoms with Crippen LogP contribution in [0.15, 0.2) is 30.3 Å². The van der Waals surface area contributed by atoms with E-state index in [0.29, 0.717) is 5.56 Å². The van der Waals surface area contributed by atoms with Gasteiger partial charge in [0.1, 0.15) is 5.75 Å². The minimum absolute atomic E-state index is 0.151. The van der Waals surface area contributed by atoms with Gasteiger partial charge in [-0.15, -0.1) is 0 Å². The molecule has 0 fully saturated rings. The normalized spacial score (nSPS) is 12.4. The minimum atomic E-state index is -4.50. The smallest absolute Gasteiger partial charge is 0.428 e. The Kier molecular flexibility index (Phi) is 4.51. The second-order valence-corrected chi connectivity index (χ2v) is 3.12. The van der Waals surface area contributed by atoms with Crippen molar-refractivity contribution in [1.82, 2.24) is 0 Å². The highest BCUT2D eigenvalue weighted by molar-refractivity contribution is 5.50. The maximum absolute atomic E-state index is 12.5. The highest BCUT2D eigenvalue weighted by Crippen LogP contribution is 2.27. The lowest BCUT2D eigenvalue weighted by Gasteiger charge is -2.16. The van der Waals surface area contributed by atoms with Crippen molar-refractivity contribution in [2.75, 3.05) is 6.61 Å². The van der Waals surface area contributed by atoms with Crippen LogP contribution in [0.3, 0.4) is 0 Å². The Bertz CT molecular complexity index is 374. The summed E-state index contributed by atoms with van der Waals surface area (Å²) in [5.41, 5.74) is 0.631. The van der Waals surface area contributed by atoms with E-state index in [-0.39, 0.29) is 12.4 Å². The molecule has 1 N–H and O–H groups in total. The molecule has 94 valence electrons. The van der Waals surface area contributed by atoms with Gasteiger partial charge in [-0.05, 0) is 17.7 Å². The van der Waals surface area contributed by atoms with Crippen molar-refractivity contribution < 1.29 is 27.4 Å². The summed E-state index contributed by atoms with van der Waals surface area (Å²) in [6, 6.07) is 5.10. The first-order valence-corrected chi connectivity index (χ1v) is 4.68. The van der Waals surface area contributed by atoms with Gasteiger partial charge in [-0.3, -0.25) is 0 Å². The fraction of sp³-hybridized carbons (Fsp3) is 0.273. The van der Waals surface area contributed by atoms with E-state index in [9.17, 15) is 17.6 Å². The van der Waals surface area contributed by atoms with E-state index in [1.54, 1.807) is 6.08 Å². The molecule has 0 aliphatic carbocycles. The molecule has 0 amide bonds. The average Bonchev–Trinajstić information content (AvgIpc) is 2.27. The molecule has 1 aromatic rings. The van der Waals surface area contributed by atoms with Crippen LogP contribution in [0.4, 0.5) is 17.6 Å². The van der Waals surface area contributed by atoms with Gasteiger partial charge in [-0.1, -0.05) is 24.3 Å². The van der Waals surface area contributed by atoms with E-state index >= 15 is 0 Å². The van der Waals surface area contributed by atoms with Crippen molar-refractivity contribution in [1.29, 1.82) is 0 Å². The molecular weight excluding hydrogens is 240 g/mol. The first-order chi connectivity index (χ1) is 7.95. The fourth-order valence-electron chi connectivity index (χ4n) is 1.04. The Labute approximate surface area is 95.1 Å². The number of hydrogen-bond acceptors (Lipinski definition) is 2. The zero-order valence-electron chi connectivity index (χ0n) is 8.62. The van der Waals surface area contributed by atoms with Crippen LogP contribution in [0, 0.1) is 0 Å². The van der Waals surface area contributed by atoms with E-state index in [1.807, 2.05) is 0 Å². The van der Waals surface area contributed by atoms with E-state index in [0.717, 1.165) is 12.1 Å². The van der Waals surface area contributed by atoms with Crippen LogP contribution >= 0.6 is 0 Å². The lowest BCUT2D eigenvalue weighted by atomic mass is 10.2. The molecule has 0 aromatic heterocycles. The zero-order chi connectivity index (χ0) is 12.9. The van der Waals surface area contributed by atoms with Gasteiger partial charge in [0.15, 0.2) is 0 Å². The molecular formula is C11H10F4O2. The van der Waals surface area contributed by atoms with Crippen molar-refractivity contribution in [2.24, 2.45) is 0 Å². The van der Waals surface area contributed by atoms with Crippen LogP contribution in [0.1, 0.15) is 5.56 Å². The molecule has 0 bridgehead atoms. The Balaban J connectivity index is 2.72. The molecule has 0 saturated heterocycles. The first-order valence-electron chi connectivity index (χ1n) is 4.68. The second kappa shape index (κ2) is 5.67. The Morgan fingerprint density at radius 2 is 1.82 bits per heavy atom. The van der Waals surface area contributed by atoms with Gasteiger partial charge in [0, 0.05) is 0 Å². The Morgan fingerprint density at radius 1 is 1.24 bits per heavy atom. The molecule has 0 unspecified atom stereocenters. The van der Waals surface area contributed by atoms with Gasteiger partial charge in [0.2, 0.25) is 0 Å². The molecule has 1 aromatic carbocycles. The number of aliphatic hydroxyl groups is 1. The molecule has 0 aliphatic heterocycles. The van der Waals surface area contributed by atoms with Crippen molar-refractivity contribution >= 4 is 6.08 Å². The van der Waals surface area contributed by atoms with Crippen molar-refractivity contribution in [3.8, 4) is 5.75 Å². The Morgan fingerprint density at radius 3 is 2.29 bits per heavy atom. The third-order valence-corrected chi connectivity index (χ3v) is 1.80. The van der Waals surface area contributed by atoms with Crippen molar-refractivity contribution in [2.45, 2.75) is 12.5 Å². The minimum Gasteiger partial charge on any atom is -0.428 e. The molecule has 0 atom stereocenters. The lowest BCUT2D eigenvalue weighted by Crippen LogP contribution is -2.33. The summed E-state index contributed by atoms with van der Waals surface area (Å²) in [5, 5.41) is 8.50. The van der Waals surface area contributed by atoms with Gasteiger partial charge in [0.05, 0.1) is 6.61 Å². The maximum atomic E-state index is 12.5. The van der Waals surface area contributed by atoms with Crippen molar-refractivity contribution in [3.63, 3.8) is 0 Å². The van der Waals surface area contributed by atoms with Gasteiger partial charge in [0.25, 0.3) is 0 Å². The number of ether oxygens (including phenoxy) is 1. The summed E-state index contributed by atoms with van der Waals surface area (Å²) >= 11 is 0. The number of aliphatic hydroxyl groups excluding tert-OH is 1. The number of halogens is 4. The first kappa shape index (κ1) is 13.5. The fourth-order valence-corrected chi connectivity index (χ4v) is 1.04. The molecule has 17 heavy (non-hydrogen) atoms. The highest BCUT2D eigenvalue weighted by atomic mass is 19.3. The standard InChI is InChI=1S/C11H10F4O2/c12-10(13)11(14,15)17-9-5-3-8(4-6-9)2-1-7-16/h1-6,10,16H,7H2/b2-1+. The summed E-state index contributed by atoms with van der Waals surface area (Å²) in [6.07, 6.45) is -5.38. The number of alkyl halides is 4. The summed E-state index contributed by atoms with van der Waals surface area (Å²) in [4.78, 5) is 0. The summed E-state index contributed by atoms with van der Waals surface area (Å²) in [6.45, 7) is -0.151. The molecule has 2 nitrogen and oxygen atoms in total. The number of hydrogen-bond donors (Lipinski definition) is 1. The van der Waals surface area contributed by atoms with Crippen LogP contribution in [0.2, 0.25) is 0 Å². The summed E-state index contributed by atoms with van der Waals surface area (Å²) in [5.74, 6) is -0.351. The predicted octanol–water partition coefficient (Wildman–Crippen LogP) is 2.93. The largest absolute Gasteiger partial charge is 0.461 e. The van der Waals surface area contributed by atoms with E-state index in [1.165, 1.54) is 18.2 Å². The van der Waals surface area contributed by atoms with E-state index in [2.05, 4.69) is 4.74 Å². The summed E-state index contributed by atoms with van der Waals surface area (Å²) < 4.78 is 52.6. The summed E-state index contributed by atoms with van der Waals surface area (Å²) in [7, 11) is 0. The van der Waals surface area contributed by atoms with E-state index < -0.39 is 12.5 Å². The highest BCUT2D eigenvalue weighted by Gasteiger charge is 2.43. The molecule has 0 heterocycles. The second-order valence-electron chi connectivity index (χ2n) is 3.12. The third-order valence-electron chi connectivity index (χ3n) is 1.80. The predicted molar refractivity (Wildman–Crippen MR) is 54.1 cm³/mol. The SMILES string of the molecule is OC/C=C/c1ccc(OC(F)(F)C(F)F)cc1. The van der Waals surface area contributed by atoms with Crippen LogP contribution in [-0.2, 0) is 0 Å². The quantitative estimate of drug-likeness (QED) is 0.814. The topological polar surface area (TPSA) is 29.5 Å². The number of rotatable bonds is 5. The van der Waals surface area contributed by atoms with Crippen molar-refractivity contribution in [3.05, 3.63) is 35.9 Å². The van der Waals surface area contributed by atoms with Gasteiger partial charge in [-0.2, -0.15) is 17.6 Å². The zero-order valence-corrected chi connectivity index (χ0v) is 8.62. The van der Waals surface area contributed by atoms with E-state index in [4.69, 9.17) is 5.11 Å². The van der Waals surface area contributed by atoms with Crippen LogP contribution in [-0.4, -0.2) is 24.2 Å². The molecule has 0 aliphatic rings. The van der Waals surface area contributed by atoms with Crippen LogP contribution in [0.25, 0.3) is 6.08 Å². The van der Waals surface area contributed by atoms with Crippen LogP contribution < -0.4 is 4.74 Å². The Hall–Kier alpha value is -1.56. The molecule has 1 rings (SSSR count). The number of benzene rings is 1. The third kappa shape index (κ3) is 4.07. The lowest BCUT2D eigenvalue weighted by molar-refractivity contribution is -0.253. The molecule has 0 radical (unpaired) electrons.